The minimum absolute atomic E-state index is 0.191. The third kappa shape index (κ3) is 5.46. The topological polar surface area (TPSA) is 68.4 Å². The van der Waals surface area contributed by atoms with Crippen LogP contribution in [0.5, 0.6) is 0 Å². The molecule has 3 aromatic rings. The van der Waals surface area contributed by atoms with Crippen molar-refractivity contribution in [3.8, 4) is 11.5 Å². The number of rotatable bonds is 8. The number of thioether (sulfide) groups is 1. The van der Waals surface area contributed by atoms with Gasteiger partial charge in [0.05, 0.1) is 19.3 Å². The number of halogens is 2. The SMILES string of the molecule is O[C@H](COCc1ccccc1Cl)CSc1nnc(-c2ccc(Cl)cc2)o1. The van der Waals surface area contributed by atoms with E-state index in [0.717, 1.165) is 11.1 Å². The van der Waals surface area contributed by atoms with Gasteiger partial charge in [-0.2, -0.15) is 0 Å². The van der Waals surface area contributed by atoms with Crippen LogP contribution in [0.15, 0.2) is 58.2 Å². The van der Waals surface area contributed by atoms with Gasteiger partial charge in [0.2, 0.25) is 5.89 Å². The fraction of sp³-hybridized carbons (Fsp3) is 0.222. The lowest BCUT2D eigenvalue weighted by Gasteiger charge is -2.10. The van der Waals surface area contributed by atoms with E-state index in [0.29, 0.717) is 33.5 Å². The molecule has 2 aromatic carbocycles. The summed E-state index contributed by atoms with van der Waals surface area (Å²) < 4.78 is 11.1. The van der Waals surface area contributed by atoms with Crippen LogP contribution in [0.4, 0.5) is 0 Å². The van der Waals surface area contributed by atoms with E-state index < -0.39 is 6.10 Å². The second-order valence-corrected chi connectivity index (χ2v) is 7.27. The van der Waals surface area contributed by atoms with Crippen LogP contribution < -0.4 is 0 Å². The first-order chi connectivity index (χ1) is 12.6. The minimum atomic E-state index is -0.659. The predicted octanol–water partition coefficient (Wildman–Crippen LogP) is 4.71. The molecule has 0 aliphatic rings. The smallest absolute Gasteiger partial charge is 0.276 e. The second kappa shape index (κ2) is 9.39. The average Bonchev–Trinajstić information content (AvgIpc) is 3.11. The van der Waals surface area contributed by atoms with Gasteiger partial charge in [-0.25, -0.2) is 0 Å². The fourth-order valence-corrected chi connectivity index (χ4v) is 3.10. The van der Waals surface area contributed by atoms with E-state index in [2.05, 4.69) is 10.2 Å². The second-order valence-electron chi connectivity index (χ2n) is 5.45. The molecule has 1 atom stereocenters. The number of hydrogen-bond acceptors (Lipinski definition) is 6. The van der Waals surface area contributed by atoms with Crippen molar-refractivity contribution in [3.63, 3.8) is 0 Å². The number of aliphatic hydroxyl groups is 1. The van der Waals surface area contributed by atoms with Gasteiger partial charge in [-0.05, 0) is 35.9 Å². The van der Waals surface area contributed by atoms with E-state index >= 15 is 0 Å². The van der Waals surface area contributed by atoms with E-state index in [1.165, 1.54) is 11.8 Å². The molecular formula is C18H16Cl2N2O3S. The maximum absolute atomic E-state index is 10.0. The molecule has 1 heterocycles. The van der Waals surface area contributed by atoms with Crippen molar-refractivity contribution in [2.75, 3.05) is 12.4 Å². The zero-order valence-corrected chi connectivity index (χ0v) is 16.0. The predicted molar refractivity (Wildman–Crippen MR) is 103 cm³/mol. The van der Waals surface area contributed by atoms with E-state index in [9.17, 15) is 5.11 Å². The molecule has 136 valence electrons. The Morgan fingerprint density at radius 2 is 1.85 bits per heavy atom. The summed E-state index contributed by atoms with van der Waals surface area (Å²) in [6.07, 6.45) is -0.659. The Morgan fingerprint density at radius 1 is 1.08 bits per heavy atom. The van der Waals surface area contributed by atoms with Crippen molar-refractivity contribution in [2.45, 2.75) is 17.9 Å². The molecule has 26 heavy (non-hydrogen) atoms. The quantitative estimate of drug-likeness (QED) is 0.542. The third-order valence-electron chi connectivity index (χ3n) is 3.42. The normalized spacial score (nSPS) is 12.3. The molecular weight excluding hydrogens is 395 g/mol. The van der Waals surface area contributed by atoms with Gasteiger partial charge < -0.3 is 14.3 Å². The van der Waals surface area contributed by atoms with Crippen molar-refractivity contribution in [1.29, 1.82) is 0 Å². The van der Waals surface area contributed by atoms with E-state index in [1.807, 2.05) is 30.3 Å². The molecule has 0 aliphatic heterocycles. The average molecular weight is 411 g/mol. The van der Waals surface area contributed by atoms with Crippen LogP contribution in [0.25, 0.3) is 11.5 Å². The van der Waals surface area contributed by atoms with E-state index in [-0.39, 0.29) is 6.61 Å². The van der Waals surface area contributed by atoms with Crippen molar-refractivity contribution < 1.29 is 14.3 Å². The standard InChI is InChI=1S/C18H16Cl2N2O3S/c19-14-7-5-12(6-8-14)17-21-22-18(25-17)26-11-15(23)10-24-9-13-3-1-2-4-16(13)20/h1-8,15,23H,9-11H2/t15-/m1/s1. The summed E-state index contributed by atoms with van der Waals surface area (Å²) in [7, 11) is 0. The molecule has 0 fully saturated rings. The molecule has 0 spiro atoms. The summed E-state index contributed by atoms with van der Waals surface area (Å²) in [5.41, 5.74) is 1.68. The van der Waals surface area contributed by atoms with Crippen LogP contribution in [-0.2, 0) is 11.3 Å². The summed E-state index contributed by atoms with van der Waals surface area (Å²) in [6, 6.07) is 14.6. The first kappa shape index (κ1) is 19.2. The Balaban J connectivity index is 1.44. The number of benzene rings is 2. The summed E-state index contributed by atoms with van der Waals surface area (Å²) in [5, 5.41) is 19.7. The Labute approximate surface area is 165 Å². The lowest BCUT2D eigenvalue weighted by atomic mass is 10.2. The lowest BCUT2D eigenvalue weighted by molar-refractivity contribution is 0.0397. The van der Waals surface area contributed by atoms with E-state index in [4.69, 9.17) is 32.4 Å². The molecule has 1 N–H and O–H groups in total. The zero-order valence-electron chi connectivity index (χ0n) is 13.6. The zero-order chi connectivity index (χ0) is 18.4. The monoisotopic (exact) mass is 410 g/mol. The molecule has 3 rings (SSSR count). The van der Waals surface area contributed by atoms with Gasteiger partial charge in [0.1, 0.15) is 0 Å². The first-order valence-electron chi connectivity index (χ1n) is 7.83. The van der Waals surface area contributed by atoms with Crippen LogP contribution in [0.1, 0.15) is 5.56 Å². The van der Waals surface area contributed by atoms with Crippen molar-refractivity contribution >= 4 is 35.0 Å². The molecule has 5 nitrogen and oxygen atoms in total. The molecule has 0 radical (unpaired) electrons. The lowest BCUT2D eigenvalue weighted by Crippen LogP contribution is -2.18. The Hall–Kier alpha value is -1.57. The van der Waals surface area contributed by atoms with Crippen LogP contribution >= 0.6 is 35.0 Å². The number of ether oxygens (including phenoxy) is 1. The van der Waals surface area contributed by atoms with Gasteiger partial charge in [0, 0.05) is 21.4 Å². The van der Waals surface area contributed by atoms with Gasteiger partial charge in [-0.15, -0.1) is 10.2 Å². The molecule has 1 aromatic heterocycles. The summed E-state index contributed by atoms with van der Waals surface area (Å²) in [6.45, 7) is 0.541. The highest BCUT2D eigenvalue weighted by Gasteiger charge is 2.12. The van der Waals surface area contributed by atoms with Crippen molar-refractivity contribution in [1.82, 2.24) is 10.2 Å². The fourth-order valence-electron chi connectivity index (χ4n) is 2.11. The molecule has 0 amide bonds. The first-order valence-corrected chi connectivity index (χ1v) is 9.57. The molecule has 0 aliphatic carbocycles. The largest absolute Gasteiger partial charge is 0.411 e. The summed E-state index contributed by atoms with van der Waals surface area (Å²) in [5.74, 6) is 0.790. The number of aliphatic hydroxyl groups excluding tert-OH is 1. The van der Waals surface area contributed by atoms with Gasteiger partial charge in [-0.1, -0.05) is 53.2 Å². The molecule has 0 saturated heterocycles. The van der Waals surface area contributed by atoms with Crippen molar-refractivity contribution in [2.24, 2.45) is 0 Å². The number of nitrogens with zero attached hydrogens (tertiary/aromatic N) is 2. The van der Waals surface area contributed by atoms with Crippen molar-refractivity contribution in [3.05, 3.63) is 64.1 Å². The highest BCUT2D eigenvalue weighted by atomic mass is 35.5. The highest BCUT2D eigenvalue weighted by Crippen LogP contribution is 2.24. The molecule has 0 bridgehead atoms. The Kier molecular flexibility index (Phi) is 6.93. The Bertz CT molecular complexity index is 842. The molecule has 0 unspecified atom stereocenters. The van der Waals surface area contributed by atoms with Gasteiger partial charge >= 0.3 is 0 Å². The van der Waals surface area contributed by atoms with Crippen LogP contribution in [-0.4, -0.2) is 33.8 Å². The Morgan fingerprint density at radius 3 is 2.62 bits per heavy atom. The third-order valence-corrected chi connectivity index (χ3v) is 5.01. The maximum Gasteiger partial charge on any atom is 0.276 e. The number of aromatic nitrogens is 2. The number of hydrogen-bond donors (Lipinski definition) is 1. The van der Waals surface area contributed by atoms with Crippen LogP contribution in [0.3, 0.4) is 0 Å². The van der Waals surface area contributed by atoms with Crippen LogP contribution in [0, 0.1) is 0 Å². The van der Waals surface area contributed by atoms with E-state index in [1.54, 1.807) is 18.2 Å². The van der Waals surface area contributed by atoms with Gasteiger partial charge in [0.15, 0.2) is 0 Å². The van der Waals surface area contributed by atoms with Gasteiger partial charge in [0.25, 0.3) is 5.22 Å². The maximum atomic E-state index is 10.0. The van der Waals surface area contributed by atoms with Crippen LogP contribution in [0.2, 0.25) is 10.0 Å². The molecule has 8 heteroatoms. The highest BCUT2D eigenvalue weighted by molar-refractivity contribution is 7.99. The molecule has 0 saturated carbocycles. The van der Waals surface area contributed by atoms with Gasteiger partial charge in [-0.3, -0.25) is 0 Å². The summed E-state index contributed by atoms with van der Waals surface area (Å²) >= 11 is 13.2. The summed E-state index contributed by atoms with van der Waals surface area (Å²) in [4.78, 5) is 0. The minimum Gasteiger partial charge on any atom is -0.411 e.